The molecular formula is C7H9ClOS. The molecule has 0 saturated heterocycles. The molecule has 1 nitrogen and oxygen atoms in total. The van der Waals surface area contributed by atoms with E-state index in [1.54, 1.807) is 11.3 Å². The van der Waals surface area contributed by atoms with E-state index < -0.39 is 6.10 Å². The zero-order chi connectivity index (χ0) is 7.56. The van der Waals surface area contributed by atoms with E-state index in [-0.39, 0.29) is 5.88 Å². The van der Waals surface area contributed by atoms with Crippen molar-refractivity contribution >= 4 is 22.9 Å². The van der Waals surface area contributed by atoms with Gasteiger partial charge in [-0.05, 0) is 19.1 Å². The fourth-order valence-electron chi connectivity index (χ4n) is 0.709. The van der Waals surface area contributed by atoms with Crippen LogP contribution in [0.1, 0.15) is 15.9 Å². The molecule has 3 heteroatoms. The Balaban J connectivity index is 2.74. The molecule has 10 heavy (non-hydrogen) atoms. The summed E-state index contributed by atoms with van der Waals surface area (Å²) in [5.74, 6) is 0.278. The van der Waals surface area contributed by atoms with E-state index in [0.717, 1.165) is 4.88 Å². The average molecular weight is 177 g/mol. The number of aryl methyl sites for hydroxylation is 1. The molecule has 0 radical (unpaired) electrons. The molecule has 1 aromatic rings. The number of aliphatic hydroxyl groups excluding tert-OH is 1. The standard InChI is InChI=1S/C7H9ClOS/c1-5-2-3-7(10-5)6(9)4-8/h2-3,6,9H,4H2,1H3/t6-/m0/s1. The monoisotopic (exact) mass is 176 g/mol. The van der Waals surface area contributed by atoms with Gasteiger partial charge in [0.05, 0.1) is 5.88 Å². The first-order chi connectivity index (χ1) is 4.74. The van der Waals surface area contributed by atoms with Crippen LogP contribution in [0.15, 0.2) is 12.1 Å². The van der Waals surface area contributed by atoms with Crippen molar-refractivity contribution in [2.45, 2.75) is 13.0 Å². The predicted octanol–water partition coefficient (Wildman–Crippen LogP) is 2.33. The maximum absolute atomic E-state index is 9.22. The molecular weight excluding hydrogens is 168 g/mol. The molecule has 0 unspecified atom stereocenters. The van der Waals surface area contributed by atoms with Gasteiger partial charge in [-0.25, -0.2) is 0 Å². The summed E-state index contributed by atoms with van der Waals surface area (Å²) >= 11 is 7.04. The lowest BCUT2D eigenvalue weighted by molar-refractivity contribution is 0.206. The highest BCUT2D eigenvalue weighted by Crippen LogP contribution is 2.22. The second-order valence-corrected chi connectivity index (χ2v) is 3.75. The topological polar surface area (TPSA) is 20.2 Å². The normalized spacial score (nSPS) is 13.5. The molecule has 0 aliphatic carbocycles. The van der Waals surface area contributed by atoms with Gasteiger partial charge in [-0.3, -0.25) is 0 Å². The van der Waals surface area contributed by atoms with Gasteiger partial charge in [-0.2, -0.15) is 0 Å². The van der Waals surface area contributed by atoms with Gasteiger partial charge in [0.1, 0.15) is 6.10 Å². The molecule has 56 valence electrons. The lowest BCUT2D eigenvalue weighted by atomic mass is 10.3. The summed E-state index contributed by atoms with van der Waals surface area (Å²) in [4.78, 5) is 2.16. The smallest absolute Gasteiger partial charge is 0.102 e. The van der Waals surface area contributed by atoms with Crippen molar-refractivity contribution < 1.29 is 5.11 Å². The molecule has 0 aromatic carbocycles. The summed E-state index contributed by atoms with van der Waals surface area (Å²) in [7, 11) is 0. The van der Waals surface area contributed by atoms with Gasteiger partial charge >= 0.3 is 0 Å². The first-order valence-electron chi connectivity index (χ1n) is 3.04. The van der Waals surface area contributed by atoms with Crippen molar-refractivity contribution in [3.05, 3.63) is 21.9 Å². The summed E-state index contributed by atoms with van der Waals surface area (Å²) in [6.07, 6.45) is -0.486. The third kappa shape index (κ3) is 1.72. The molecule has 0 spiro atoms. The van der Waals surface area contributed by atoms with Crippen LogP contribution in [0, 0.1) is 6.92 Å². The number of thiophene rings is 1. The van der Waals surface area contributed by atoms with Crippen LogP contribution in [-0.4, -0.2) is 11.0 Å². The molecule has 0 aliphatic heterocycles. The molecule has 0 aliphatic rings. The number of aliphatic hydroxyl groups is 1. The molecule has 1 heterocycles. The van der Waals surface area contributed by atoms with Crippen molar-refractivity contribution in [1.82, 2.24) is 0 Å². The van der Waals surface area contributed by atoms with Crippen LogP contribution < -0.4 is 0 Å². The van der Waals surface area contributed by atoms with Crippen molar-refractivity contribution in [2.75, 3.05) is 5.88 Å². The molecule has 0 amide bonds. The summed E-state index contributed by atoms with van der Waals surface area (Å²) < 4.78 is 0. The van der Waals surface area contributed by atoms with E-state index in [9.17, 15) is 5.11 Å². The highest BCUT2D eigenvalue weighted by atomic mass is 35.5. The number of halogens is 1. The Morgan fingerprint density at radius 1 is 1.70 bits per heavy atom. The van der Waals surface area contributed by atoms with Gasteiger partial charge in [0, 0.05) is 9.75 Å². The highest BCUT2D eigenvalue weighted by molar-refractivity contribution is 7.12. The van der Waals surface area contributed by atoms with Crippen LogP contribution >= 0.6 is 22.9 Å². The maximum atomic E-state index is 9.22. The summed E-state index contributed by atoms with van der Waals surface area (Å²) in [5, 5.41) is 9.22. The van der Waals surface area contributed by atoms with E-state index in [1.807, 2.05) is 19.1 Å². The van der Waals surface area contributed by atoms with Gasteiger partial charge in [-0.1, -0.05) is 0 Å². The quantitative estimate of drug-likeness (QED) is 0.686. The lowest BCUT2D eigenvalue weighted by Crippen LogP contribution is -1.93. The largest absolute Gasteiger partial charge is 0.386 e. The van der Waals surface area contributed by atoms with Crippen molar-refractivity contribution in [3.63, 3.8) is 0 Å². The fourth-order valence-corrected chi connectivity index (χ4v) is 1.83. The Hall–Kier alpha value is -0.0500. The molecule has 1 aromatic heterocycles. The minimum atomic E-state index is -0.486. The van der Waals surface area contributed by atoms with E-state index in [2.05, 4.69) is 0 Å². The van der Waals surface area contributed by atoms with E-state index in [4.69, 9.17) is 11.6 Å². The van der Waals surface area contributed by atoms with Gasteiger partial charge in [0.15, 0.2) is 0 Å². The van der Waals surface area contributed by atoms with Gasteiger partial charge in [-0.15, -0.1) is 22.9 Å². The zero-order valence-electron chi connectivity index (χ0n) is 5.67. The third-order valence-corrected chi connectivity index (χ3v) is 2.63. The Bertz CT molecular complexity index is 209. The average Bonchev–Trinajstić information content (AvgIpc) is 2.34. The van der Waals surface area contributed by atoms with Crippen molar-refractivity contribution in [2.24, 2.45) is 0 Å². The van der Waals surface area contributed by atoms with Gasteiger partial charge in [0.25, 0.3) is 0 Å². The van der Waals surface area contributed by atoms with E-state index in [0.29, 0.717) is 0 Å². The first-order valence-corrected chi connectivity index (χ1v) is 4.39. The summed E-state index contributed by atoms with van der Waals surface area (Å²) in [5.41, 5.74) is 0. The van der Waals surface area contributed by atoms with E-state index >= 15 is 0 Å². The van der Waals surface area contributed by atoms with Crippen molar-refractivity contribution in [1.29, 1.82) is 0 Å². The van der Waals surface area contributed by atoms with Crippen LogP contribution in [0.25, 0.3) is 0 Å². The molecule has 1 rings (SSSR count). The first kappa shape index (κ1) is 8.05. The minimum Gasteiger partial charge on any atom is -0.386 e. The molecule has 0 fully saturated rings. The van der Waals surface area contributed by atoms with E-state index in [1.165, 1.54) is 4.88 Å². The second kappa shape index (κ2) is 3.37. The minimum absolute atomic E-state index is 0.278. The van der Waals surface area contributed by atoms with Crippen LogP contribution in [0.4, 0.5) is 0 Å². The van der Waals surface area contributed by atoms with Crippen LogP contribution in [-0.2, 0) is 0 Å². The highest BCUT2D eigenvalue weighted by Gasteiger charge is 2.06. The van der Waals surface area contributed by atoms with Gasteiger partial charge in [0.2, 0.25) is 0 Å². The molecule has 0 bridgehead atoms. The Labute approximate surface area is 69.3 Å². The Morgan fingerprint density at radius 2 is 2.40 bits per heavy atom. The Morgan fingerprint density at radius 3 is 2.80 bits per heavy atom. The zero-order valence-corrected chi connectivity index (χ0v) is 7.25. The van der Waals surface area contributed by atoms with Crippen molar-refractivity contribution in [3.8, 4) is 0 Å². The van der Waals surface area contributed by atoms with Crippen LogP contribution in [0.5, 0.6) is 0 Å². The number of hydrogen-bond acceptors (Lipinski definition) is 2. The summed E-state index contributed by atoms with van der Waals surface area (Å²) in [6, 6.07) is 3.89. The molecule has 1 N–H and O–H groups in total. The van der Waals surface area contributed by atoms with Gasteiger partial charge < -0.3 is 5.11 Å². The fraction of sp³-hybridized carbons (Fsp3) is 0.429. The Kier molecular flexibility index (Phi) is 2.72. The third-order valence-electron chi connectivity index (χ3n) is 1.24. The molecule has 0 saturated carbocycles. The van der Waals surface area contributed by atoms with Crippen LogP contribution in [0.3, 0.4) is 0 Å². The summed E-state index contributed by atoms with van der Waals surface area (Å²) in [6.45, 7) is 2.01. The van der Waals surface area contributed by atoms with Crippen LogP contribution in [0.2, 0.25) is 0 Å². The number of hydrogen-bond donors (Lipinski definition) is 1. The number of rotatable bonds is 2. The maximum Gasteiger partial charge on any atom is 0.102 e. The predicted molar refractivity (Wildman–Crippen MR) is 44.7 cm³/mol. The molecule has 1 atom stereocenters. The SMILES string of the molecule is Cc1ccc([C@@H](O)CCl)s1. The lowest BCUT2D eigenvalue weighted by Gasteiger charge is -2.00. The number of alkyl halides is 1. The second-order valence-electron chi connectivity index (χ2n) is 2.12.